The van der Waals surface area contributed by atoms with Gasteiger partial charge < -0.3 is 9.64 Å². The van der Waals surface area contributed by atoms with Gasteiger partial charge in [0.2, 0.25) is 0 Å². The molecule has 2 atom stereocenters. The summed E-state index contributed by atoms with van der Waals surface area (Å²) in [4.78, 5) is 4.81. The minimum atomic E-state index is -0.192. The van der Waals surface area contributed by atoms with Crippen molar-refractivity contribution in [2.45, 2.75) is 51.8 Å². The van der Waals surface area contributed by atoms with E-state index in [2.05, 4.69) is 39.2 Å². The summed E-state index contributed by atoms with van der Waals surface area (Å²) in [6.07, 6.45) is 3.42. The molecular weight excluding hydrogens is 371 g/mol. The summed E-state index contributed by atoms with van der Waals surface area (Å²) < 4.78 is 21.0. The van der Waals surface area contributed by atoms with E-state index >= 15 is 0 Å². The molecule has 2 aliphatic rings. The first-order valence-corrected chi connectivity index (χ1v) is 10.7. The highest BCUT2D eigenvalue weighted by Crippen LogP contribution is 2.29. The fourth-order valence-corrected chi connectivity index (χ4v) is 4.37. The van der Waals surface area contributed by atoms with Gasteiger partial charge in [-0.2, -0.15) is 0 Å². The Morgan fingerprint density at radius 1 is 1.14 bits per heavy atom. The molecule has 0 saturated carbocycles. The number of nitrogens with zero attached hydrogens (tertiary/aromatic N) is 6. The number of ether oxygens (including phenoxy) is 1. The molecule has 2 aliphatic heterocycles. The average molecular weight is 403 g/mol. The lowest BCUT2D eigenvalue weighted by molar-refractivity contribution is 0.0885. The average Bonchev–Trinajstić information content (AvgIpc) is 3.39. The Morgan fingerprint density at radius 3 is 2.55 bits per heavy atom. The maximum atomic E-state index is 13.2. The normalized spacial score (nSPS) is 21.8. The zero-order valence-electron chi connectivity index (χ0n) is 17.4. The van der Waals surface area contributed by atoms with Crippen LogP contribution in [0, 0.1) is 11.7 Å². The van der Waals surface area contributed by atoms with E-state index in [1.165, 1.54) is 12.1 Å². The molecule has 0 radical (unpaired) electrons. The predicted molar refractivity (Wildman–Crippen MR) is 109 cm³/mol. The number of piperazine rings is 1. The summed E-state index contributed by atoms with van der Waals surface area (Å²) in [5, 5.41) is 12.7. The molecule has 0 N–H and O–H groups in total. The molecule has 1 aromatic heterocycles. The largest absolute Gasteiger partial charge is 0.376 e. The molecule has 0 aliphatic carbocycles. The molecule has 3 heterocycles. The quantitative estimate of drug-likeness (QED) is 0.710. The van der Waals surface area contributed by atoms with E-state index in [1.54, 1.807) is 0 Å². The summed E-state index contributed by atoms with van der Waals surface area (Å²) in [5.41, 5.74) is 1.08. The minimum Gasteiger partial charge on any atom is -0.376 e. The fourth-order valence-electron chi connectivity index (χ4n) is 4.37. The van der Waals surface area contributed by atoms with Crippen LogP contribution in [0.4, 0.5) is 10.1 Å². The molecule has 1 aromatic carbocycles. The Labute approximate surface area is 171 Å². The van der Waals surface area contributed by atoms with Gasteiger partial charge in [0.25, 0.3) is 0 Å². The second-order valence-corrected chi connectivity index (χ2v) is 8.50. The summed E-state index contributed by atoms with van der Waals surface area (Å²) in [7, 11) is 0. The van der Waals surface area contributed by atoms with Gasteiger partial charge in [0, 0.05) is 38.5 Å². The van der Waals surface area contributed by atoms with E-state index in [0.29, 0.717) is 5.92 Å². The summed E-state index contributed by atoms with van der Waals surface area (Å²) >= 11 is 0. The van der Waals surface area contributed by atoms with Gasteiger partial charge in [-0.15, -0.1) is 5.10 Å². The van der Waals surface area contributed by atoms with Crippen LogP contribution >= 0.6 is 0 Å². The third-order valence-electron chi connectivity index (χ3n) is 5.90. The highest BCUT2D eigenvalue weighted by Gasteiger charge is 2.31. The van der Waals surface area contributed by atoms with Gasteiger partial charge in [-0.05, 0) is 59.9 Å². The Morgan fingerprint density at radius 2 is 1.90 bits per heavy atom. The zero-order valence-corrected chi connectivity index (χ0v) is 17.4. The number of aromatic nitrogens is 4. The number of tetrazole rings is 1. The standard InChI is InChI=1S/C21H31FN6O/c1-16(2)14-20(21-23-24-25-28(21)15-19-4-3-13-29-19)27-11-9-26(10-12-27)18-7-5-17(22)6-8-18/h5-8,16,19-20H,3-4,9-15H2,1-2H3/t19-,20+/m1/s1. The molecule has 7 nitrogen and oxygen atoms in total. The molecular formula is C21H31FN6O. The van der Waals surface area contributed by atoms with Crippen molar-refractivity contribution in [2.75, 3.05) is 37.7 Å². The van der Waals surface area contributed by atoms with Crippen molar-refractivity contribution in [3.63, 3.8) is 0 Å². The van der Waals surface area contributed by atoms with Crippen LogP contribution < -0.4 is 4.90 Å². The molecule has 2 aromatic rings. The number of hydrogen-bond acceptors (Lipinski definition) is 6. The monoisotopic (exact) mass is 402 g/mol. The van der Waals surface area contributed by atoms with Crippen LogP contribution in [0.2, 0.25) is 0 Å². The Balaban J connectivity index is 1.45. The van der Waals surface area contributed by atoms with Gasteiger partial charge in [0.15, 0.2) is 5.82 Å². The Bertz CT molecular complexity index is 766. The summed E-state index contributed by atoms with van der Waals surface area (Å²) in [6, 6.07) is 6.98. The second-order valence-electron chi connectivity index (χ2n) is 8.50. The molecule has 0 amide bonds. The van der Waals surface area contributed by atoms with Gasteiger partial charge in [-0.3, -0.25) is 4.90 Å². The molecule has 0 spiro atoms. The molecule has 0 unspecified atom stereocenters. The summed E-state index contributed by atoms with van der Waals surface area (Å²) in [6.45, 7) is 9.74. The van der Waals surface area contributed by atoms with Crippen molar-refractivity contribution < 1.29 is 9.13 Å². The van der Waals surface area contributed by atoms with Gasteiger partial charge >= 0.3 is 0 Å². The maximum Gasteiger partial charge on any atom is 0.168 e. The molecule has 158 valence electrons. The van der Waals surface area contributed by atoms with Crippen LogP contribution in [0.5, 0.6) is 0 Å². The van der Waals surface area contributed by atoms with Gasteiger partial charge in [-0.25, -0.2) is 9.07 Å². The van der Waals surface area contributed by atoms with Gasteiger partial charge in [-0.1, -0.05) is 13.8 Å². The first kappa shape index (κ1) is 20.2. The van der Waals surface area contributed by atoms with Crippen molar-refractivity contribution >= 4 is 5.69 Å². The molecule has 29 heavy (non-hydrogen) atoms. The van der Waals surface area contributed by atoms with Crippen molar-refractivity contribution in [3.05, 3.63) is 35.9 Å². The van der Waals surface area contributed by atoms with E-state index < -0.39 is 0 Å². The van der Waals surface area contributed by atoms with Crippen LogP contribution in [-0.2, 0) is 11.3 Å². The SMILES string of the molecule is CC(C)C[C@@H](c1nnnn1C[C@H]1CCCO1)N1CCN(c2ccc(F)cc2)CC1. The predicted octanol–water partition coefficient (Wildman–Crippen LogP) is 2.90. The van der Waals surface area contributed by atoms with Crippen molar-refractivity contribution in [1.82, 2.24) is 25.1 Å². The number of hydrogen-bond donors (Lipinski definition) is 0. The van der Waals surface area contributed by atoms with Crippen molar-refractivity contribution in [3.8, 4) is 0 Å². The number of halogens is 1. The van der Waals surface area contributed by atoms with Crippen LogP contribution in [0.1, 0.15) is 45.0 Å². The van der Waals surface area contributed by atoms with Gasteiger partial charge in [0.1, 0.15) is 5.82 Å². The van der Waals surface area contributed by atoms with Crippen LogP contribution in [0.15, 0.2) is 24.3 Å². The van der Waals surface area contributed by atoms with E-state index in [0.717, 1.165) is 70.1 Å². The van der Waals surface area contributed by atoms with Crippen LogP contribution in [0.25, 0.3) is 0 Å². The van der Waals surface area contributed by atoms with E-state index in [4.69, 9.17) is 4.74 Å². The topological polar surface area (TPSA) is 59.3 Å². The lowest BCUT2D eigenvalue weighted by Crippen LogP contribution is -2.48. The third kappa shape index (κ3) is 4.93. The highest BCUT2D eigenvalue weighted by atomic mass is 19.1. The molecule has 8 heteroatoms. The molecule has 0 bridgehead atoms. The van der Waals surface area contributed by atoms with E-state index in [1.807, 2.05) is 16.8 Å². The number of anilines is 1. The van der Waals surface area contributed by atoms with Crippen molar-refractivity contribution in [1.29, 1.82) is 0 Å². The van der Waals surface area contributed by atoms with Gasteiger partial charge in [0.05, 0.1) is 18.7 Å². The third-order valence-corrected chi connectivity index (χ3v) is 5.90. The Hall–Kier alpha value is -2.06. The first-order valence-electron chi connectivity index (χ1n) is 10.7. The van der Waals surface area contributed by atoms with Crippen molar-refractivity contribution in [2.24, 2.45) is 5.92 Å². The smallest absolute Gasteiger partial charge is 0.168 e. The lowest BCUT2D eigenvalue weighted by Gasteiger charge is -2.40. The van der Waals surface area contributed by atoms with E-state index in [-0.39, 0.29) is 18.0 Å². The van der Waals surface area contributed by atoms with Crippen LogP contribution in [-0.4, -0.2) is 64.0 Å². The van der Waals surface area contributed by atoms with Crippen LogP contribution in [0.3, 0.4) is 0 Å². The van der Waals surface area contributed by atoms with E-state index in [9.17, 15) is 4.39 Å². The number of benzene rings is 1. The summed E-state index contributed by atoms with van der Waals surface area (Å²) in [5.74, 6) is 1.30. The Kier molecular flexibility index (Phi) is 6.40. The number of rotatable bonds is 7. The maximum absolute atomic E-state index is 13.2. The first-order chi connectivity index (χ1) is 14.1. The highest BCUT2D eigenvalue weighted by molar-refractivity contribution is 5.46. The minimum absolute atomic E-state index is 0.192. The molecule has 2 fully saturated rings. The second kappa shape index (κ2) is 9.17. The fraction of sp³-hybridized carbons (Fsp3) is 0.667. The lowest BCUT2D eigenvalue weighted by atomic mass is 10.0. The molecule has 2 saturated heterocycles. The molecule has 4 rings (SSSR count). The zero-order chi connectivity index (χ0) is 20.2.